The lowest BCUT2D eigenvalue weighted by molar-refractivity contribution is -0.137. The van der Waals surface area contributed by atoms with Crippen LogP contribution in [0.1, 0.15) is 18.1 Å². The van der Waals surface area contributed by atoms with Crippen LogP contribution in [0.5, 0.6) is 0 Å². The van der Waals surface area contributed by atoms with Gasteiger partial charge in [-0.3, -0.25) is 0 Å². The third kappa shape index (κ3) is 2.33. The molecule has 0 aliphatic carbocycles. The SMILES string of the molecule is CC1Cc2ccccc2N1c1ccc(N)cc1C(F)(F)F. The predicted molar refractivity (Wildman–Crippen MR) is 77.6 cm³/mol. The summed E-state index contributed by atoms with van der Waals surface area (Å²) in [5.41, 5.74) is 7.02. The van der Waals surface area contributed by atoms with Crippen LogP contribution in [0.4, 0.5) is 30.2 Å². The van der Waals surface area contributed by atoms with Crippen LogP contribution in [0.3, 0.4) is 0 Å². The Hall–Kier alpha value is -2.17. The molecule has 110 valence electrons. The average molecular weight is 292 g/mol. The molecule has 0 amide bonds. The highest BCUT2D eigenvalue weighted by molar-refractivity contribution is 5.75. The molecule has 0 saturated heterocycles. The Kier molecular flexibility index (Phi) is 3.08. The Morgan fingerprint density at radius 3 is 2.52 bits per heavy atom. The Morgan fingerprint density at radius 1 is 1.10 bits per heavy atom. The van der Waals surface area contributed by atoms with Crippen LogP contribution in [0.2, 0.25) is 0 Å². The van der Waals surface area contributed by atoms with Crippen LogP contribution in [0.25, 0.3) is 0 Å². The Bertz CT molecular complexity index is 679. The first-order valence-corrected chi connectivity index (χ1v) is 6.72. The van der Waals surface area contributed by atoms with E-state index in [1.807, 2.05) is 31.2 Å². The number of nitrogens with zero attached hydrogens (tertiary/aromatic N) is 1. The summed E-state index contributed by atoms with van der Waals surface area (Å²) in [5.74, 6) is 0. The summed E-state index contributed by atoms with van der Waals surface area (Å²) in [4.78, 5) is 1.75. The average Bonchev–Trinajstić information content (AvgIpc) is 2.74. The Morgan fingerprint density at radius 2 is 1.81 bits per heavy atom. The number of fused-ring (bicyclic) bond motifs is 1. The maximum Gasteiger partial charge on any atom is 0.418 e. The lowest BCUT2D eigenvalue weighted by atomic mass is 10.1. The van der Waals surface area contributed by atoms with Crippen molar-refractivity contribution in [3.63, 3.8) is 0 Å². The molecule has 21 heavy (non-hydrogen) atoms. The number of hydrogen-bond donors (Lipinski definition) is 1. The maximum atomic E-state index is 13.3. The molecule has 2 aromatic rings. The molecule has 0 spiro atoms. The van der Waals surface area contributed by atoms with Crippen molar-refractivity contribution in [1.29, 1.82) is 0 Å². The first-order chi connectivity index (χ1) is 9.88. The van der Waals surface area contributed by atoms with Crippen molar-refractivity contribution in [3.05, 3.63) is 53.6 Å². The summed E-state index contributed by atoms with van der Waals surface area (Å²) in [6.45, 7) is 1.93. The quantitative estimate of drug-likeness (QED) is 0.791. The van der Waals surface area contributed by atoms with E-state index >= 15 is 0 Å². The molecular weight excluding hydrogens is 277 g/mol. The predicted octanol–water partition coefficient (Wildman–Crippen LogP) is 4.37. The number of benzene rings is 2. The topological polar surface area (TPSA) is 29.3 Å². The number of hydrogen-bond acceptors (Lipinski definition) is 2. The molecule has 1 atom stereocenters. The van der Waals surface area contributed by atoms with Gasteiger partial charge in [0.2, 0.25) is 0 Å². The minimum atomic E-state index is -4.43. The summed E-state index contributed by atoms with van der Waals surface area (Å²) >= 11 is 0. The molecule has 2 nitrogen and oxygen atoms in total. The zero-order valence-corrected chi connectivity index (χ0v) is 11.5. The van der Waals surface area contributed by atoms with Crippen molar-refractivity contribution in [2.45, 2.75) is 25.6 Å². The van der Waals surface area contributed by atoms with Crippen molar-refractivity contribution in [3.8, 4) is 0 Å². The van der Waals surface area contributed by atoms with E-state index in [-0.39, 0.29) is 17.4 Å². The molecule has 0 saturated carbocycles. The van der Waals surface area contributed by atoms with Crippen LogP contribution in [0.15, 0.2) is 42.5 Å². The molecule has 2 aromatic carbocycles. The Labute approximate surface area is 121 Å². The van der Waals surface area contributed by atoms with Crippen LogP contribution < -0.4 is 10.6 Å². The van der Waals surface area contributed by atoms with Gasteiger partial charge in [0, 0.05) is 17.4 Å². The van der Waals surface area contributed by atoms with Crippen molar-refractivity contribution in [2.24, 2.45) is 0 Å². The lowest BCUT2D eigenvalue weighted by Gasteiger charge is -2.28. The fraction of sp³-hybridized carbons (Fsp3) is 0.250. The molecule has 1 aliphatic rings. The number of halogens is 3. The van der Waals surface area contributed by atoms with E-state index in [0.29, 0.717) is 0 Å². The van der Waals surface area contributed by atoms with Crippen molar-refractivity contribution < 1.29 is 13.2 Å². The highest BCUT2D eigenvalue weighted by atomic mass is 19.4. The zero-order chi connectivity index (χ0) is 15.2. The molecular formula is C16H15F3N2. The molecule has 0 radical (unpaired) electrons. The minimum Gasteiger partial charge on any atom is -0.399 e. The van der Waals surface area contributed by atoms with E-state index in [1.54, 1.807) is 4.90 Å². The van der Waals surface area contributed by atoms with Crippen LogP contribution in [0, 0.1) is 0 Å². The monoisotopic (exact) mass is 292 g/mol. The number of alkyl halides is 3. The van der Waals surface area contributed by atoms with Gasteiger partial charge in [-0.1, -0.05) is 18.2 Å². The maximum absolute atomic E-state index is 13.3. The first kappa shape index (κ1) is 13.8. The summed E-state index contributed by atoms with van der Waals surface area (Å²) in [7, 11) is 0. The molecule has 0 bridgehead atoms. The molecule has 5 heteroatoms. The molecule has 1 heterocycles. The number of anilines is 3. The molecule has 0 aromatic heterocycles. The van der Waals surface area contributed by atoms with Gasteiger partial charge in [0.25, 0.3) is 0 Å². The fourth-order valence-electron chi connectivity index (χ4n) is 2.92. The molecule has 2 N–H and O–H groups in total. The number of rotatable bonds is 1. The van der Waals surface area contributed by atoms with E-state index < -0.39 is 11.7 Å². The second-order valence-corrected chi connectivity index (χ2v) is 5.33. The first-order valence-electron chi connectivity index (χ1n) is 6.72. The number of nitrogens with two attached hydrogens (primary N) is 1. The summed E-state index contributed by atoms with van der Waals surface area (Å²) in [5, 5.41) is 0. The third-order valence-electron chi connectivity index (χ3n) is 3.79. The lowest BCUT2D eigenvalue weighted by Crippen LogP contribution is -2.26. The van der Waals surface area contributed by atoms with Crippen LogP contribution in [-0.4, -0.2) is 6.04 Å². The normalized spacial score (nSPS) is 17.9. The highest BCUT2D eigenvalue weighted by Crippen LogP contribution is 2.44. The number of nitrogen functional groups attached to an aromatic ring is 1. The molecule has 1 aliphatic heterocycles. The molecule has 3 rings (SSSR count). The number of para-hydroxylation sites is 1. The summed E-state index contributed by atoms with van der Waals surface area (Å²) in [6, 6.07) is 11.5. The van der Waals surface area contributed by atoms with Gasteiger partial charge < -0.3 is 10.6 Å². The van der Waals surface area contributed by atoms with Gasteiger partial charge in [-0.15, -0.1) is 0 Å². The van der Waals surface area contributed by atoms with Gasteiger partial charge >= 0.3 is 6.18 Å². The highest BCUT2D eigenvalue weighted by Gasteiger charge is 2.38. The second-order valence-electron chi connectivity index (χ2n) is 5.33. The van der Waals surface area contributed by atoms with E-state index in [4.69, 9.17) is 5.73 Å². The van der Waals surface area contributed by atoms with Gasteiger partial charge in [0.1, 0.15) is 0 Å². The molecule has 1 unspecified atom stereocenters. The van der Waals surface area contributed by atoms with E-state index in [0.717, 1.165) is 23.7 Å². The van der Waals surface area contributed by atoms with E-state index in [2.05, 4.69) is 0 Å². The standard InChI is InChI=1S/C16H15F3N2/c1-10-8-11-4-2-3-5-14(11)21(10)15-7-6-12(20)9-13(15)16(17,18)19/h2-7,9-10H,8,20H2,1H3. The Balaban J connectivity index is 2.17. The van der Waals surface area contributed by atoms with E-state index in [1.165, 1.54) is 12.1 Å². The second kappa shape index (κ2) is 4.69. The van der Waals surface area contributed by atoms with Gasteiger partial charge in [-0.25, -0.2) is 0 Å². The fourth-order valence-corrected chi connectivity index (χ4v) is 2.92. The minimum absolute atomic E-state index is 0.0212. The largest absolute Gasteiger partial charge is 0.418 e. The van der Waals surface area contributed by atoms with Gasteiger partial charge in [-0.2, -0.15) is 13.2 Å². The zero-order valence-electron chi connectivity index (χ0n) is 11.5. The van der Waals surface area contributed by atoms with Crippen LogP contribution in [-0.2, 0) is 12.6 Å². The van der Waals surface area contributed by atoms with Crippen molar-refractivity contribution in [2.75, 3.05) is 10.6 Å². The summed E-state index contributed by atoms with van der Waals surface area (Å²) < 4.78 is 39.9. The van der Waals surface area contributed by atoms with Gasteiger partial charge in [0.05, 0.1) is 11.3 Å². The van der Waals surface area contributed by atoms with Gasteiger partial charge in [0.15, 0.2) is 0 Å². The van der Waals surface area contributed by atoms with E-state index in [9.17, 15) is 13.2 Å². The van der Waals surface area contributed by atoms with Gasteiger partial charge in [-0.05, 0) is 43.2 Å². The van der Waals surface area contributed by atoms with Crippen molar-refractivity contribution >= 4 is 17.1 Å². The molecule has 0 fully saturated rings. The summed E-state index contributed by atoms with van der Waals surface area (Å²) in [6.07, 6.45) is -3.69. The van der Waals surface area contributed by atoms with Crippen LogP contribution >= 0.6 is 0 Å². The third-order valence-corrected chi connectivity index (χ3v) is 3.79. The smallest absolute Gasteiger partial charge is 0.399 e. The van der Waals surface area contributed by atoms with Crippen molar-refractivity contribution in [1.82, 2.24) is 0 Å².